The highest BCUT2D eigenvalue weighted by atomic mass is 32.2. The maximum atomic E-state index is 12.6. The highest BCUT2D eigenvalue weighted by Crippen LogP contribution is 2.39. The van der Waals surface area contributed by atoms with Crippen LogP contribution in [0.25, 0.3) is 0 Å². The number of benzene rings is 2. The molecule has 0 heterocycles. The molecule has 0 aromatic heterocycles. The first kappa shape index (κ1) is 22.6. The second kappa shape index (κ2) is 9.38. The van der Waals surface area contributed by atoms with Gasteiger partial charge in [-0.05, 0) is 44.5 Å². The van der Waals surface area contributed by atoms with Crippen LogP contribution in [0.2, 0.25) is 0 Å². The summed E-state index contributed by atoms with van der Waals surface area (Å²) in [4.78, 5) is 12.4. The summed E-state index contributed by atoms with van der Waals surface area (Å²) in [5.74, 6) is 0.00592. The number of esters is 1. The largest absolute Gasteiger partial charge is 0.493 e. The molecule has 8 nitrogen and oxygen atoms in total. The van der Waals surface area contributed by atoms with Crippen LogP contribution in [0.4, 0.5) is 0 Å². The molecule has 31 heavy (non-hydrogen) atoms. The molecule has 166 valence electrons. The Morgan fingerprint density at radius 2 is 1.77 bits per heavy atom. The molecule has 0 saturated carbocycles. The highest BCUT2D eigenvalue weighted by Gasteiger charge is 2.33. The first-order valence-corrected chi connectivity index (χ1v) is 11.2. The van der Waals surface area contributed by atoms with Crippen LogP contribution in [0.3, 0.4) is 0 Å². The average molecular weight is 448 g/mol. The van der Waals surface area contributed by atoms with E-state index in [0.717, 1.165) is 5.56 Å². The van der Waals surface area contributed by atoms with E-state index in [4.69, 9.17) is 18.5 Å². The number of ether oxygens (including phenoxy) is 3. The molecule has 0 radical (unpaired) electrons. The molecule has 3 rings (SSSR count). The lowest BCUT2D eigenvalue weighted by Gasteiger charge is -2.26. The molecule has 2 aromatic rings. The molecule has 2 aromatic carbocycles. The molecular formula is C22H25NO7S. The minimum Gasteiger partial charge on any atom is -0.493 e. The predicted molar refractivity (Wildman–Crippen MR) is 114 cm³/mol. The summed E-state index contributed by atoms with van der Waals surface area (Å²) in [7, 11) is -1.10. The van der Waals surface area contributed by atoms with Gasteiger partial charge in [0.25, 0.3) is 0 Å². The van der Waals surface area contributed by atoms with Crippen LogP contribution in [-0.4, -0.2) is 40.9 Å². The zero-order chi connectivity index (χ0) is 22.6. The Hall–Kier alpha value is -3.07. The first-order valence-electron chi connectivity index (χ1n) is 9.78. The number of hydrogen-bond donors (Lipinski definition) is 0. The van der Waals surface area contributed by atoms with Gasteiger partial charge in [-0.2, -0.15) is 8.42 Å². The SMILES string of the molecule is CCOC(=O)[C@H]1C/C(=N\OS(=O)(=O)c2ccc(C)cc2)c2ccc(OC)c(OC)c2C1. The van der Waals surface area contributed by atoms with Crippen molar-refractivity contribution in [2.75, 3.05) is 20.8 Å². The van der Waals surface area contributed by atoms with Crippen LogP contribution in [0.15, 0.2) is 46.4 Å². The van der Waals surface area contributed by atoms with Gasteiger partial charge >= 0.3 is 16.1 Å². The summed E-state index contributed by atoms with van der Waals surface area (Å²) >= 11 is 0. The summed E-state index contributed by atoms with van der Waals surface area (Å²) in [5, 5.41) is 3.94. The van der Waals surface area contributed by atoms with Gasteiger partial charge in [-0.15, -0.1) is 0 Å². The van der Waals surface area contributed by atoms with Crippen LogP contribution in [-0.2, 0) is 30.4 Å². The van der Waals surface area contributed by atoms with Crippen LogP contribution >= 0.6 is 0 Å². The minimum atomic E-state index is -4.12. The molecule has 0 aliphatic heterocycles. The van der Waals surface area contributed by atoms with Gasteiger partial charge in [0.15, 0.2) is 11.5 Å². The zero-order valence-corrected chi connectivity index (χ0v) is 18.7. The van der Waals surface area contributed by atoms with Crippen molar-refractivity contribution in [3.8, 4) is 11.5 Å². The maximum Gasteiger partial charge on any atom is 0.358 e. The topological polar surface area (TPSA) is 100 Å². The Kier molecular flexibility index (Phi) is 6.84. The minimum absolute atomic E-state index is 0.00672. The number of nitrogens with zero attached hydrogens (tertiary/aromatic N) is 1. The lowest BCUT2D eigenvalue weighted by Crippen LogP contribution is -2.29. The van der Waals surface area contributed by atoms with E-state index in [0.29, 0.717) is 34.8 Å². The van der Waals surface area contributed by atoms with E-state index in [9.17, 15) is 13.2 Å². The Balaban J connectivity index is 2.02. The van der Waals surface area contributed by atoms with Crippen LogP contribution < -0.4 is 9.47 Å². The molecule has 0 bridgehead atoms. The van der Waals surface area contributed by atoms with Crippen molar-refractivity contribution in [1.82, 2.24) is 0 Å². The molecule has 0 spiro atoms. The van der Waals surface area contributed by atoms with Crippen molar-refractivity contribution >= 4 is 21.8 Å². The molecular weight excluding hydrogens is 422 g/mol. The first-order chi connectivity index (χ1) is 14.8. The Morgan fingerprint density at radius 3 is 2.39 bits per heavy atom. The molecule has 9 heteroatoms. The summed E-state index contributed by atoms with van der Waals surface area (Å²) in [6.45, 7) is 3.82. The number of rotatable bonds is 7. The molecule has 1 aliphatic carbocycles. The van der Waals surface area contributed by atoms with Crippen molar-refractivity contribution in [2.24, 2.45) is 11.1 Å². The molecule has 1 aliphatic rings. The summed E-state index contributed by atoms with van der Waals surface area (Å²) in [6.07, 6.45) is 0.517. The average Bonchev–Trinajstić information content (AvgIpc) is 2.76. The van der Waals surface area contributed by atoms with Crippen LogP contribution in [0.5, 0.6) is 11.5 Å². The van der Waals surface area contributed by atoms with Gasteiger partial charge in [0.1, 0.15) is 4.90 Å². The Morgan fingerprint density at radius 1 is 1.06 bits per heavy atom. The molecule has 1 atom stereocenters. The fourth-order valence-corrected chi connectivity index (χ4v) is 4.22. The second-order valence-corrected chi connectivity index (χ2v) is 8.59. The third-order valence-electron chi connectivity index (χ3n) is 5.02. The molecule has 0 N–H and O–H groups in total. The highest BCUT2D eigenvalue weighted by molar-refractivity contribution is 7.86. The molecule has 0 unspecified atom stereocenters. The van der Waals surface area contributed by atoms with Crippen LogP contribution in [0, 0.1) is 12.8 Å². The molecule has 0 fully saturated rings. The van der Waals surface area contributed by atoms with E-state index < -0.39 is 22.0 Å². The Bertz CT molecular complexity index is 1090. The quantitative estimate of drug-likeness (QED) is 0.474. The van der Waals surface area contributed by atoms with E-state index in [1.165, 1.54) is 26.4 Å². The van der Waals surface area contributed by atoms with E-state index in [-0.39, 0.29) is 17.9 Å². The summed E-state index contributed by atoms with van der Waals surface area (Å²) < 4.78 is 46.2. The van der Waals surface area contributed by atoms with E-state index in [1.807, 2.05) is 6.92 Å². The standard InChI is InChI=1S/C22H25NO7S/c1-5-29-22(24)15-12-18-17(10-11-20(27-3)21(18)28-4)19(13-15)23-30-31(25,26)16-8-6-14(2)7-9-16/h6-11,15H,5,12-13H2,1-4H3/b23-19+/t15-/m1/s1. The number of fused-ring (bicyclic) bond motifs is 1. The third-order valence-corrected chi connectivity index (χ3v) is 6.15. The number of carbonyl (C=O) groups is 1. The zero-order valence-electron chi connectivity index (χ0n) is 17.9. The van der Waals surface area contributed by atoms with Gasteiger partial charge in [-0.25, -0.2) is 0 Å². The van der Waals surface area contributed by atoms with Gasteiger partial charge in [0.05, 0.1) is 32.5 Å². The predicted octanol–water partition coefficient (Wildman–Crippen LogP) is 3.25. The van der Waals surface area contributed by atoms with Crippen molar-refractivity contribution < 1.29 is 31.7 Å². The molecule has 0 saturated heterocycles. The maximum absolute atomic E-state index is 12.6. The molecule has 0 amide bonds. The second-order valence-electron chi connectivity index (χ2n) is 7.06. The van der Waals surface area contributed by atoms with Gasteiger partial charge in [0.2, 0.25) is 0 Å². The lowest BCUT2D eigenvalue weighted by atomic mass is 9.82. The fraction of sp³-hybridized carbons (Fsp3) is 0.364. The monoisotopic (exact) mass is 447 g/mol. The number of oxime groups is 1. The van der Waals surface area contributed by atoms with Gasteiger partial charge in [0, 0.05) is 17.5 Å². The fourth-order valence-electron chi connectivity index (χ4n) is 3.48. The number of carbonyl (C=O) groups excluding carboxylic acids is 1. The van der Waals surface area contributed by atoms with Crippen molar-refractivity contribution in [2.45, 2.75) is 31.6 Å². The Labute approximate surface area is 181 Å². The van der Waals surface area contributed by atoms with Crippen molar-refractivity contribution in [3.05, 3.63) is 53.1 Å². The van der Waals surface area contributed by atoms with Gasteiger partial charge in [-0.3, -0.25) is 9.08 Å². The van der Waals surface area contributed by atoms with Gasteiger partial charge in [-0.1, -0.05) is 22.9 Å². The number of aryl methyl sites for hydroxylation is 1. The number of hydrogen-bond acceptors (Lipinski definition) is 8. The summed E-state index contributed by atoms with van der Waals surface area (Å²) in [6, 6.07) is 9.70. The van der Waals surface area contributed by atoms with E-state index >= 15 is 0 Å². The van der Waals surface area contributed by atoms with Crippen LogP contribution in [0.1, 0.15) is 30.0 Å². The summed E-state index contributed by atoms with van der Waals surface area (Å²) in [5.41, 5.74) is 2.55. The van der Waals surface area contributed by atoms with Gasteiger partial charge < -0.3 is 14.2 Å². The van der Waals surface area contributed by atoms with E-state index in [2.05, 4.69) is 5.16 Å². The third kappa shape index (κ3) is 4.82. The van der Waals surface area contributed by atoms with Crippen molar-refractivity contribution in [3.63, 3.8) is 0 Å². The van der Waals surface area contributed by atoms with E-state index in [1.54, 1.807) is 31.2 Å². The van der Waals surface area contributed by atoms with Crippen molar-refractivity contribution in [1.29, 1.82) is 0 Å². The number of methoxy groups -OCH3 is 2. The smallest absolute Gasteiger partial charge is 0.358 e. The normalized spacial score (nSPS) is 17.0. The lowest BCUT2D eigenvalue weighted by molar-refractivity contribution is -0.147.